The molecule has 1 spiro atoms. The summed E-state index contributed by atoms with van der Waals surface area (Å²) in [6.07, 6.45) is 5.57. The van der Waals surface area contributed by atoms with Crippen molar-refractivity contribution in [3.8, 4) is 5.75 Å². The average Bonchev–Trinajstić information content (AvgIpc) is 3.40. The Morgan fingerprint density at radius 1 is 1.43 bits per heavy atom. The number of nitrogens with zero attached hydrogens (tertiary/aromatic N) is 1. The van der Waals surface area contributed by atoms with Gasteiger partial charge in [-0.25, -0.2) is 0 Å². The van der Waals surface area contributed by atoms with Crippen molar-refractivity contribution in [1.82, 2.24) is 10.2 Å². The molecule has 5 rings (SSSR count). The zero-order valence-corrected chi connectivity index (χ0v) is 17.4. The van der Waals surface area contributed by atoms with Crippen LogP contribution in [-0.2, 0) is 25.5 Å². The molecule has 1 N–H and O–H groups in total. The van der Waals surface area contributed by atoms with Gasteiger partial charge in [-0.15, -0.1) is 0 Å². The summed E-state index contributed by atoms with van der Waals surface area (Å²) in [5, 5.41) is 3.13. The van der Waals surface area contributed by atoms with E-state index in [0.29, 0.717) is 19.7 Å². The van der Waals surface area contributed by atoms with Gasteiger partial charge >= 0.3 is 0 Å². The van der Waals surface area contributed by atoms with E-state index in [1.54, 1.807) is 12.0 Å². The van der Waals surface area contributed by atoms with Crippen molar-refractivity contribution >= 4 is 11.8 Å². The van der Waals surface area contributed by atoms with Crippen molar-refractivity contribution in [2.75, 3.05) is 33.4 Å². The van der Waals surface area contributed by atoms with Gasteiger partial charge in [0, 0.05) is 13.7 Å². The molecule has 0 saturated carbocycles. The van der Waals surface area contributed by atoms with Crippen LogP contribution in [0.1, 0.15) is 30.5 Å². The number of carbonyl (C=O) groups is 2. The number of aryl methyl sites for hydroxylation is 1. The Labute approximate surface area is 176 Å². The van der Waals surface area contributed by atoms with Gasteiger partial charge in [0.15, 0.2) is 0 Å². The van der Waals surface area contributed by atoms with Gasteiger partial charge in [0.05, 0.1) is 43.7 Å². The molecule has 2 bridgehead atoms. The number of hydrogen-bond acceptors (Lipinski definition) is 5. The molecule has 1 aromatic rings. The third kappa shape index (κ3) is 3.03. The van der Waals surface area contributed by atoms with E-state index in [2.05, 4.69) is 11.4 Å². The highest BCUT2D eigenvalue weighted by Crippen LogP contribution is 2.51. The fourth-order valence-corrected chi connectivity index (χ4v) is 5.31. The van der Waals surface area contributed by atoms with E-state index >= 15 is 0 Å². The van der Waals surface area contributed by atoms with Gasteiger partial charge in [-0.2, -0.15) is 0 Å². The van der Waals surface area contributed by atoms with Crippen molar-refractivity contribution < 1.29 is 23.8 Å². The molecule has 0 radical (unpaired) electrons. The van der Waals surface area contributed by atoms with Gasteiger partial charge in [-0.05, 0) is 37.0 Å². The summed E-state index contributed by atoms with van der Waals surface area (Å²) in [5.41, 5.74) is 1.55. The number of benzene rings is 1. The Morgan fingerprint density at radius 2 is 2.30 bits per heavy atom. The summed E-state index contributed by atoms with van der Waals surface area (Å²) in [6.45, 7) is 4.20. The van der Waals surface area contributed by atoms with Gasteiger partial charge in [-0.1, -0.05) is 24.3 Å². The minimum atomic E-state index is -0.677. The number of amides is 2. The summed E-state index contributed by atoms with van der Waals surface area (Å²) in [4.78, 5) is 28.1. The third-order valence-electron chi connectivity index (χ3n) is 6.84. The third-order valence-corrected chi connectivity index (χ3v) is 6.84. The molecule has 0 unspecified atom stereocenters. The second kappa shape index (κ2) is 7.39. The van der Waals surface area contributed by atoms with Crippen LogP contribution < -0.4 is 10.1 Å². The van der Waals surface area contributed by atoms with Crippen LogP contribution in [0, 0.1) is 11.8 Å². The standard InChI is InChI=1S/C23H28N2O5/c1-14(15-5-6-17-16(12-15)4-3-10-29-17)24-21(26)19-18-7-8-23(30-18)13-25(9-11-28-2)22(27)20(19)23/h5-8,12,14,18-20H,3-4,9-11,13H2,1-2H3,(H,24,26)/t14-,18-,19+,20+,23-/m1/s1. The molecule has 4 heterocycles. The second-order valence-electron chi connectivity index (χ2n) is 8.70. The van der Waals surface area contributed by atoms with E-state index in [1.165, 1.54) is 5.56 Å². The molecule has 2 fully saturated rings. The fraction of sp³-hybridized carbons (Fsp3) is 0.565. The van der Waals surface area contributed by atoms with Gasteiger partial charge in [0.2, 0.25) is 11.8 Å². The highest BCUT2D eigenvalue weighted by Gasteiger charge is 2.66. The van der Waals surface area contributed by atoms with E-state index in [9.17, 15) is 9.59 Å². The first-order valence-corrected chi connectivity index (χ1v) is 10.7. The van der Waals surface area contributed by atoms with Crippen LogP contribution in [0.3, 0.4) is 0 Å². The first-order valence-electron chi connectivity index (χ1n) is 10.7. The van der Waals surface area contributed by atoms with Crippen LogP contribution in [-0.4, -0.2) is 61.8 Å². The highest BCUT2D eigenvalue weighted by atomic mass is 16.5. The summed E-state index contributed by atoms with van der Waals surface area (Å²) in [6, 6.07) is 5.94. The molecule has 160 valence electrons. The van der Waals surface area contributed by atoms with Gasteiger partial charge in [-0.3, -0.25) is 9.59 Å². The fourth-order valence-electron chi connectivity index (χ4n) is 5.31. The van der Waals surface area contributed by atoms with Gasteiger partial charge in [0.1, 0.15) is 11.4 Å². The predicted octanol–water partition coefficient (Wildman–Crippen LogP) is 1.62. The number of nitrogens with one attached hydrogen (secondary N) is 1. The molecule has 0 aliphatic carbocycles. The summed E-state index contributed by atoms with van der Waals surface area (Å²) < 4.78 is 17.0. The molecular formula is C23H28N2O5. The highest BCUT2D eigenvalue weighted by molar-refractivity contribution is 5.93. The normalized spacial score (nSPS) is 32.0. The second-order valence-corrected chi connectivity index (χ2v) is 8.70. The Hall–Kier alpha value is -2.38. The number of hydrogen-bond donors (Lipinski definition) is 1. The lowest BCUT2D eigenvalue weighted by Gasteiger charge is -2.26. The number of likely N-dealkylation sites (tertiary alicyclic amines) is 1. The molecular weight excluding hydrogens is 384 g/mol. The van der Waals surface area contributed by atoms with Crippen molar-refractivity contribution in [3.05, 3.63) is 41.5 Å². The molecule has 7 heteroatoms. The molecule has 1 aromatic carbocycles. The molecule has 2 saturated heterocycles. The van der Waals surface area contributed by atoms with E-state index in [4.69, 9.17) is 14.2 Å². The van der Waals surface area contributed by atoms with Gasteiger partial charge in [0.25, 0.3) is 0 Å². The van der Waals surface area contributed by atoms with Crippen molar-refractivity contribution in [2.45, 2.75) is 37.5 Å². The molecule has 4 aliphatic heterocycles. The minimum absolute atomic E-state index is 0.0161. The first-order chi connectivity index (χ1) is 14.5. The number of carbonyl (C=O) groups excluding carboxylic acids is 2. The smallest absolute Gasteiger partial charge is 0.230 e. The predicted molar refractivity (Wildman–Crippen MR) is 109 cm³/mol. The maximum atomic E-state index is 13.3. The van der Waals surface area contributed by atoms with Crippen molar-refractivity contribution in [3.63, 3.8) is 0 Å². The molecule has 4 aliphatic rings. The van der Waals surface area contributed by atoms with Crippen LogP contribution in [0.25, 0.3) is 0 Å². The maximum absolute atomic E-state index is 13.3. The first kappa shape index (κ1) is 19.6. The zero-order valence-electron chi connectivity index (χ0n) is 17.4. The molecule has 0 aromatic heterocycles. The quantitative estimate of drug-likeness (QED) is 0.719. The maximum Gasteiger partial charge on any atom is 0.230 e. The van der Waals surface area contributed by atoms with E-state index in [1.807, 2.05) is 31.2 Å². The number of fused-ring (bicyclic) bond motifs is 2. The van der Waals surface area contributed by atoms with Crippen LogP contribution in [0.5, 0.6) is 5.75 Å². The molecule has 2 amide bonds. The minimum Gasteiger partial charge on any atom is -0.493 e. The number of methoxy groups -OCH3 is 1. The van der Waals surface area contributed by atoms with Gasteiger partial charge < -0.3 is 24.4 Å². The Balaban J connectivity index is 1.32. The summed E-state index contributed by atoms with van der Waals surface area (Å²) in [7, 11) is 1.62. The SMILES string of the molecule is COCCN1C[C@@]23C=C[C@@H](O2)[C@H](C(=O)N[C@H](C)c2ccc4c(c2)CCCO4)[C@H]3C1=O. The van der Waals surface area contributed by atoms with Crippen LogP contribution >= 0.6 is 0 Å². The van der Waals surface area contributed by atoms with Crippen LogP contribution in [0.4, 0.5) is 0 Å². The van der Waals surface area contributed by atoms with E-state index in [-0.39, 0.29) is 24.0 Å². The average molecular weight is 412 g/mol. The Morgan fingerprint density at radius 3 is 3.13 bits per heavy atom. The van der Waals surface area contributed by atoms with Crippen LogP contribution in [0.2, 0.25) is 0 Å². The lowest BCUT2D eigenvalue weighted by Crippen LogP contribution is -2.44. The molecule has 30 heavy (non-hydrogen) atoms. The molecule has 5 atom stereocenters. The summed E-state index contributed by atoms with van der Waals surface area (Å²) in [5.74, 6) is -0.172. The lowest BCUT2D eigenvalue weighted by molar-refractivity contribution is -0.138. The molecule has 7 nitrogen and oxygen atoms in total. The number of rotatable bonds is 6. The lowest BCUT2D eigenvalue weighted by atomic mass is 9.76. The largest absolute Gasteiger partial charge is 0.493 e. The van der Waals surface area contributed by atoms with Crippen LogP contribution in [0.15, 0.2) is 30.4 Å². The van der Waals surface area contributed by atoms with E-state index < -0.39 is 17.4 Å². The Bertz CT molecular complexity index is 900. The van der Waals surface area contributed by atoms with Crippen molar-refractivity contribution in [1.29, 1.82) is 0 Å². The Kier molecular flexibility index (Phi) is 4.82. The monoisotopic (exact) mass is 412 g/mol. The zero-order chi connectivity index (χ0) is 20.9. The number of ether oxygens (including phenoxy) is 3. The topological polar surface area (TPSA) is 77.1 Å². The van der Waals surface area contributed by atoms with Crippen molar-refractivity contribution in [2.24, 2.45) is 11.8 Å². The summed E-state index contributed by atoms with van der Waals surface area (Å²) >= 11 is 0. The van der Waals surface area contributed by atoms with E-state index in [0.717, 1.165) is 30.8 Å².